The van der Waals surface area contributed by atoms with Crippen LogP contribution in [0.3, 0.4) is 0 Å². The van der Waals surface area contributed by atoms with Crippen molar-refractivity contribution < 1.29 is 46.3 Å². The van der Waals surface area contributed by atoms with E-state index in [0.29, 0.717) is 154 Å². The molecule has 5 aromatic carbocycles. The van der Waals surface area contributed by atoms with Crippen LogP contribution in [-0.4, -0.2) is 244 Å². The minimum Gasteiger partial charge on any atom is -0.381 e. The second kappa shape index (κ2) is 41.8. The van der Waals surface area contributed by atoms with Crippen LogP contribution in [0, 0.1) is 23.3 Å². The Bertz CT molecular complexity index is 7010. The Hall–Kier alpha value is -13.1. The van der Waals surface area contributed by atoms with Gasteiger partial charge in [-0.1, -0.05) is 88.2 Å². The second-order valence-electron chi connectivity index (χ2n) is 34.2. The Balaban J connectivity index is 0.000000110. The van der Waals surface area contributed by atoms with Crippen LogP contribution in [0.4, 0.5) is 75.1 Å². The lowest BCUT2D eigenvalue weighted by Gasteiger charge is -2.22. The largest absolute Gasteiger partial charge is 0.381 e. The fourth-order valence-corrected chi connectivity index (χ4v) is 22.5. The van der Waals surface area contributed by atoms with Gasteiger partial charge in [0.15, 0.2) is 54.1 Å². The van der Waals surface area contributed by atoms with Gasteiger partial charge >= 0.3 is 0 Å². The molecular formula is C95H97F4N27O6S5. The molecule has 15 aromatic rings. The molecule has 8 aliphatic rings. The molecule has 8 aliphatic heterocycles. The van der Waals surface area contributed by atoms with Crippen LogP contribution < -0.4 is 45.8 Å². The van der Waals surface area contributed by atoms with Crippen LogP contribution in [0.15, 0.2) is 129 Å². The van der Waals surface area contributed by atoms with Crippen molar-refractivity contribution in [2.24, 2.45) is 0 Å². The van der Waals surface area contributed by atoms with Crippen LogP contribution in [0.2, 0.25) is 0 Å². The van der Waals surface area contributed by atoms with Gasteiger partial charge in [0, 0.05) is 121 Å². The van der Waals surface area contributed by atoms with Crippen LogP contribution in [0.1, 0.15) is 154 Å². The Labute approximate surface area is 804 Å². The average Bonchev–Trinajstić information content (AvgIpc) is 1.65. The standard InChI is InChI=1S/C25H30N6O2S.C21H23FN6OS.C18H18FN5OS.C16H14FN5OS.C15H12FN5OS/c32-23(28-18-8-13-33-14-9-18)25-29-21-22(26-16-27-24(21)34-25)31-15-17(7-12-30-10-3-4-11-30)19-5-1-2-6-20(19)31;22-15-4-5-16-14(12-15)6-11-28(16)18-17-20(25-13-24-18)30-21(26-17)19(29)23-7-3-10-27-8-1-2-9-27;1-2-3-7-20-16(25)18-23-14-15(21-10-22-17(14)26-18)24-8-6-11-9-12(19)4-5-13(11)24;1-21(2)16(23)15-20-12-13(18-8-19-14(12)24-15)22-6-5-9-7-10(17)3-4-11(9)22;1-17-13(22)15-20-11-12(18-7-19-14(11)23-15)21-5-4-8-6-9(16)2-3-10(8)21/h1-2,5-6,16-18H,3-4,7-15H2,(H,28,32);4-5,12-13H,1-3,6-11H2,(H,23,29);4-5,9-10H,2-3,6-8H2,1H3,(H,20,25);3-4,7-8H,5-6H2,1-2H3;2-3,6-7H,4-5H2,1H3,(H,17,22). The number of anilines is 10. The molecule has 42 heteroatoms. The highest BCUT2D eigenvalue weighted by Gasteiger charge is 2.36. The number of thiazole rings is 5. The van der Waals surface area contributed by atoms with E-state index in [1.807, 2.05) is 19.6 Å². The quantitative estimate of drug-likeness (QED) is 0.0383. The third-order valence-electron chi connectivity index (χ3n) is 25.1. The van der Waals surface area contributed by atoms with E-state index >= 15 is 0 Å². The molecule has 706 valence electrons. The Morgan fingerprint density at radius 1 is 0.416 bits per heavy atom. The lowest BCUT2D eigenvalue weighted by atomic mass is 9.98. The summed E-state index contributed by atoms with van der Waals surface area (Å²) in [5, 5.41) is 13.5. The van der Waals surface area contributed by atoms with Gasteiger partial charge in [-0.2, -0.15) is 0 Å². The Morgan fingerprint density at radius 2 is 0.774 bits per heavy atom. The van der Waals surface area contributed by atoms with Gasteiger partial charge in [0.25, 0.3) is 29.5 Å². The zero-order chi connectivity index (χ0) is 94.3. The van der Waals surface area contributed by atoms with Crippen LogP contribution >= 0.6 is 56.7 Å². The number of ether oxygens (including phenoxy) is 1. The molecule has 5 amide bonds. The van der Waals surface area contributed by atoms with Gasteiger partial charge < -0.3 is 65.2 Å². The van der Waals surface area contributed by atoms with Gasteiger partial charge in [-0.15, -0.1) is 0 Å². The maximum atomic E-state index is 13.5. The topological polar surface area (TPSA) is 362 Å². The molecule has 3 fully saturated rings. The number of aromatic nitrogens is 15. The van der Waals surface area contributed by atoms with Crippen molar-refractivity contribution >= 4 is 195 Å². The first-order valence-electron chi connectivity index (χ1n) is 45.9. The molecule has 1 unspecified atom stereocenters. The van der Waals surface area contributed by atoms with Crippen LogP contribution in [-0.2, 0) is 30.4 Å². The summed E-state index contributed by atoms with van der Waals surface area (Å²) in [6.45, 7) is 15.3. The van der Waals surface area contributed by atoms with Gasteiger partial charge in [-0.05, 0) is 229 Å². The number of nitrogens with one attached hydrogen (secondary N) is 4. The molecule has 23 rings (SSSR count). The number of amides is 5. The van der Waals surface area contributed by atoms with Gasteiger partial charge in [-0.25, -0.2) is 92.3 Å². The number of hydrogen-bond donors (Lipinski definition) is 4. The number of carbonyl (C=O) groups is 5. The zero-order valence-electron chi connectivity index (χ0n) is 75.6. The maximum Gasteiger partial charge on any atom is 0.282 e. The predicted octanol–water partition coefficient (Wildman–Crippen LogP) is 15.2. The number of benzene rings is 5. The molecule has 0 aliphatic carbocycles. The number of likely N-dealkylation sites (tertiary alicyclic amines) is 2. The van der Waals surface area contributed by atoms with E-state index in [2.05, 4.69) is 137 Å². The molecule has 10 aromatic heterocycles. The van der Waals surface area contributed by atoms with E-state index in [9.17, 15) is 41.5 Å². The lowest BCUT2D eigenvalue weighted by molar-refractivity contribution is 0.0695. The Morgan fingerprint density at radius 3 is 1.17 bits per heavy atom. The van der Waals surface area contributed by atoms with E-state index in [4.69, 9.17) is 9.72 Å². The van der Waals surface area contributed by atoms with Crippen LogP contribution in [0.5, 0.6) is 0 Å². The first-order chi connectivity index (χ1) is 66.8. The summed E-state index contributed by atoms with van der Waals surface area (Å²) in [7, 11) is 4.94. The first-order valence-corrected chi connectivity index (χ1v) is 49.9. The van der Waals surface area contributed by atoms with E-state index in [0.717, 1.165) is 139 Å². The normalized spacial score (nSPS) is 16.0. The van der Waals surface area contributed by atoms with E-state index in [-0.39, 0.29) is 58.8 Å². The molecule has 0 radical (unpaired) electrons. The maximum absolute atomic E-state index is 13.5. The summed E-state index contributed by atoms with van der Waals surface area (Å²) in [4.78, 5) is 148. The minimum atomic E-state index is -0.247. The summed E-state index contributed by atoms with van der Waals surface area (Å²) in [6, 6.07) is 27.8. The average molecular weight is 1950 g/mol. The summed E-state index contributed by atoms with van der Waals surface area (Å²) >= 11 is 6.35. The number of unbranched alkanes of at least 4 members (excludes halogenated alkanes) is 1. The molecule has 3 saturated heterocycles. The molecule has 0 saturated carbocycles. The van der Waals surface area contributed by atoms with Crippen molar-refractivity contribution in [1.82, 2.24) is 111 Å². The Kier molecular flexibility index (Phi) is 28.4. The summed E-state index contributed by atoms with van der Waals surface area (Å²) in [6.07, 6.45) is 21.4. The highest BCUT2D eigenvalue weighted by molar-refractivity contribution is 7.21. The monoisotopic (exact) mass is 1950 g/mol. The number of nitrogens with zero attached hydrogens (tertiary/aromatic N) is 23. The van der Waals surface area contributed by atoms with Crippen molar-refractivity contribution in [3.05, 3.63) is 205 Å². The van der Waals surface area contributed by atoms with E-state index in [1.54, 1.807) is 76.0 Å². The summed E-state index contributed by atoms with van der Waals surface area (Å²) in [5.74, 6) is 2.01. The van der Waals surface area contributed by atoms with Crippen molar-refractivity contribution in [2.75, 3.05) is 144 Å². The minimum absolute atomic E-state index is 0.133. The van der Waals surface area contributed by atoms with Gasteiger partial charge in [0.05, 0.1) is 0 Å². The molecule has 137 heavy (non-hydrogen) atoms. The third-order valence-corrected chi connectivity index (χ3v) is 29.9. The number of carbonyl (C=O) groups excluding carboxylic acids is 5. The van der Waals surface area contributed by atoms with Crippen molar-refractivity contribution in [2.45, 2.75) is 109 Å². The summed E-state index contributed by atoms with van der Waals surface area (Å²) < 4.78 is 59.2. The molecule has 1 atom stereocenters. The van der Waals surface area contributed by atoms with E-state index in [1.165, 1.54) is 174 Å². The molecule has 0 bridgehead atoms. The van der Waals surface area contributed by atoms with Gasteiger partial charge in [-0.3, -0.25) is 24.0 Å². The summed E-state index contributed by atoms with van der Waals surface area (Å²) in [5.41, 5.74) is 13.2. The number of hydrogen-bond acceptors (Lipinski definition) is 33. The predicted molar refractivity (Wildman–Crippen MR) is 524 cm³/mol. The SMILES string of the molecule is CCCCNC(=O)c1nc2c(N3CCc4cc(F)ccc43)ncnc2s1.CN(C)C(=O)c1nc2c(N3CCc4cc(F)ccc43)ncnc2s1.CNC(=O)c1nc2c(N3CCc4cc(F)ccc43)ncnc2s1.O=C(NC1CCOCC1)c1nc2c(N3CC(CCN4CCCC4)c4ccccc43)ncnc2s1.O=C(NCCCN1CCCC1)c1nc2c(N3CCc4cc(F)ccc43)ncnc2s1. The van der Waals surface area contributed by atoms with Gasteiger partial charge in [0.1, 0.15) is 107 Å². The molecule has 0 spiro atoms. The molecule has 4 N–H and O–H groups in total. The van der Waals surface area contributed by atoms with Crippen molar-refractivity contribution in [3.8, 4) is 0 Å². The van der Waals surface area contributed by atoms with Gasteiger partial charge in [0.2, 0.25) is 0 Å². The molecule has 33 nitrogen and oxygen atoms in total. The highest BCUT2D eigenvalue weighted by Crippen LogP contribution is 2.47. The first kappa shape index (κ1) is 92.9. The lowest BCUT2D eigenvalue weighted by Crippen LogP contribution is -2.38. The smallest absolute Gasteiger partial charge is 0.282 e. The third kappa shape index (κ3) is 20.4. The van der Waals surface area contributed by atoms with Crippen molar-refractivity contribution in [3.63, 3.8) is 0 Å². The number of fused-ring (bicyclic) bond motifs is 10. The zero-order valence-corrected chi connectivity index (χ0v) is 79.7. The van der Waals surface area contributed by atoms with Crippen LogP contribution in [0.25, 0.3) is 51.7 Å². The van der Waals surface area contributed by atoms with Crippen molar-refractivity contribution in [1.29, 1.82) is 0 Å². The highest BCUT2D eigenvalue weighted by atomic mass is 32.1. The number of para-hydroxylation sites is 1. The second-order valence-corrected chi connectivity index (χ2v) is 39.0. The molecular weight excluding hydrogens is 1850 g/mol. The van der Waals surface area contributed by atoms with E-state index < -0.39 is 0 Å². The fraction of sp³-hybridized carbons (Fsp3) is 0.368. The number of halogens is 4. The number of rotatable bonds is 21. The molecule has 18 heterocycles. The fourth-order valence-electron chi connectivity index (χ4n) is 18.3.